The van der Waals surface area contributed by atoms with Crippen LogP contribution in [-0.4, -0.2) is 6.47 Å². The topological polar surface area (TPSA) is 30.2 Å². The van der Waals surface area contributed by atoms with Gasteiger partial charge in [0.2, 0.25) is 0 Å². The van der Waals surface area contributed by atoms with Crippen LogP contribution in [0.2, 0.25) is 0 Å². The first-order valence-corrected chi connectivity index (χ1v) is 8.52. The summed E-state index contributed by atoms with van der Waals surface area (Å²) >= 11 is 13.9. The monoisotopic (exact) mass is 510 g/mol. The zero-order valence-electron chi connectivity index (χ0n) is 9.29. The summed E-state index contributed by atoms with van der Waals surface area (Å²) in [6, 6.07) is 0. The van der Waals surface area contributed by atoms with Crippen LogP contribution in [0.3, 0.4) is 0 Å². The largest absolute Gasteiger partial charge is 0.423 e. The smallest absolute Gasteiger partial charge is 0.343 e. The van der Waals surface area contributed by atoms with E-state index in [0.717, 1.165) is 11.1 Å². The average molecular weight is 514 g/mol. The van der Waals surface area contributed by atoms with E-state index in [1.54, 1.807) is 6.08 Å². The molecule has 6 heteroatoms. The number of hydrogen-bond acceptors (Lipinski definition) is 2. The quantitative estimate of drug-likeness (QED) is 0.499. The second kappa shape index (κ2) is 4.55. The number of allylic oxidation sites excluding steroid dienone is 2. The van der Waals surface area contributed by atoms with E-state index < -0.39 is 6.47 Å². The molecular formula is C13H6Br4O2. The van der Waals surface area contributed by atoms with Gasteiger partial charge in [-0.3, -0.25) is 0 Å². The van der Waals surface area contributed by atoms with Gasteiger partial charge in [-0.25, -0.2) is 4.79 Å². The van der Waals surface area contributed by atoms with Crippen molar-refractivity contribution < 1.29 is 4.42 Å². The molecule has 0 saturated carbocycles. The Morgan fingerprint density at radius 2 is 1.47 bits per heavy atom. The summed E-state index contributed by atoms with van der Waals surface area (Å²) in [5, 5.41) is 0.560. The van der Waals surface area contributed by atoms with E-state index >= 15 is 0 Å². The molecular weight excluding hydrogens is 508 g/mol. The molecule has 0 saturated heterocycles. The lowest BCUT2D eigenvalue weighted by molar-refractivity contribution is 0.469. The van der Waals surface area contributed by atoms with Gasteiger partial charge < -0.3 is 4.42 Å². The zero-order valence-corrected chi connectivity index (χ0v) is 15.6. The lowest BCUT2D eigenvalue weighted by Gasteiger charge is -2.19. The summed E-state index contributed by atoms with van der Waals surface area (Å²) in [5.74, 6) is 0. The Kier molecular flexibility index (Phi) is 3.36. The molecule has 98 valence electrons. The van der Waals surface area contributed by atoms with Crippen LogP contribution in [0, 0.1) is 0 Å². The van der Waals surface area contributed by atoms with Gasteiger partial charge in [0.15, 0.2) is 0 Å². The summed E-state index contributed by atoms with van der Waals surface area (Å²) in [6.45, 7) is 0. The van der Waals surface area contributed by atoms with Gasteiger partial charge in [0, 0.05) is 5.56 Å². The Hall–Kier alpha value is 0.0900. The van der Waals surface area contributed by atoms with Crippen molar-refractivity contribution in [3.8, 4) is 0 Å². The van der Waals surface area contributed by atoms with Crippen molar-refractivity contribution in [2.45, 2.75) is 6.47 Å². The first-order valence-electron chi connectivity index (χ1n) is 5.34. The highest BCUT2D eigenvalue weighted by Gasteiger charge is 2.25. The van der Waals surface area contributed by atoms with E-state index in [1.165, 1.54) is 0 Å². The average Bonchev–Trinajstić information content (AvgIpc) is 2.27. The second-order valence-corrected chi connectivity index (χ2v) is 11.7. The molecule has 3 rings (SSSR count). The van der Waals surface area contributed by atoms with Crippen LogP contribution >= 0.6 is 63.7 Å². The fourth-order valence-electron chi connectivity index (χ4n) is 2.05. The Bertz CT molecular complexity index is 797. The molecule has 19 heavy (non-hydrogen) atoms. The van der Waals surface area contributed by atoms with Gasteiger partial charge in [-0.2, -0.15) is 0 Å². The van der Waals surface area contributed by atoms with E-state index in [2.05, 4.69) is 63.7 Å². The van der Waals surface area contributed by atoms with Crippen molar-refractivity contribution in [2.75, 3.05) is 0 Å². The van der Waals surface area contributed by atoms with Crippen LogP contribution in [0.5, 0.6) is 0 Å². The minimum Gasteiger partial charge on any atom is -0.423 e. The summed E-state index contributed by atoms with van der Waals surface area (Å²) in [5.41, 5.74) is 2.01. The van der Waals surface area contributed by atoms with Crippen molar-refractivity contribution in [3.63, 3.8) is 0 Å². The van der Waals surface area contributed by atoms with E-state index in [0.29, 0.717) is 10.6 Å². The van der Waals surface area contributed by atoms with Crippen molar-refractivity contribution in [2.24, 2.45) is 0 Å². The van der Waals surface area contributed by atoms with Crippen LogP contribution in [-0.2, 0) is 0 Å². The Morgan fingerprint density at radius 3 is 2.16 bits per heavy atom. The Morgan fingerprint density at radius 1 is 0.895 bits per heavy atom. The minimum atomic E-state index is -0.493. The molecule has 0 fully saturated rings. The molecule has 1 aromatic rings. The number of hydrogen-bond donors (Lipinski definition) is 0. The van der Waals surface area contributed by atoms with Crippen LogP contribution in [0.1, 0.15) is 11.1 Å². The third-order valence-electron chi connectivity index (χ3n) is 2.87. The van der Waals surface area contributed by atoms with Gasteiger partial charge in [-0.05, 0) is 17.7 Å². The summed E-state index contributed by atoms with van der Waals surface area (Å²) in [6.07, 6.45) is 11.4. The predicted molar refractivity (Wildman–Crippen MR) is 92.4 cm³/mol. The number of halogens is 4. The molecule has 0 aliphatic heterocycles. The van der Waals surface area contributed by atoms with Gasteiger partial charge in [0.25, 0.3) is 0 Å². The standard InChI is InChI=1S/C13H6Br4O2/c14-12(15)3-1-7-8-2-4-13(16,17)6-10(8)19-11(18)9(7)5-12/h1-6H. The molecule has 0 spiro atoms. The fraction of sp³-hybridized carbons (Fsp3) is 0.154. The molecule has 0 aromatic carbocycles. The molecule has 2 aliphatic carbocycles. The van der Waals surface area contributed by atoms with E-state index in [4.69, 9.17) is 4.42 Å². The third-order valence-corrected chi connectivity index (χ3v) is 4.85. The van der Waals surface area contributed by atoms with Crippen molar-refractivity contribution in [1.29, 1.82) is 0 Å². The van der Waals surface area contributed by atoms with Crippen molar-refractivity contribution in [3.05, 3.63) is 44.3 Å². The van der Waals surface area contributed by atoms with Crippen LogP contribution in [0.25, 0.3) is 24.3 Å². The second-order valence-electron chi connectivity index (χ2n) is 4.30. The lowest BCUT2D eigenvalue weighted by atomic mass is 9.99. The molecule has 2 nitrogen and oxygen atoms in total. The maximum Gasteiger partial charge on any atom is 0.343 e. The van der Waals surface area contributed by atoms with Crippen molar-refractivity contribution >= 4 is 88.0 Å². The van der Waals surface area contributed by atoms with Gasteiger partial charge >= 0.3 is 5.63 Å². The summed E-state index contributed by atoms with van der Waals surface area (Å²) < 4.78 is 4.44. The fourth-order valence-corrected chi connectivity index (χ4v) is 3.45. The van der Waals surface area contributed by atoms with Crippen LogP contribution < -0.4 is 16.3 Å². The third kappa shape index (κ3) is 2.64. The maximum atomic E-state index is 12.1. The van der Waals surface area contributed by atoms with Gasteiger partial charge in [0.1, 0.15) is 11.9 Å². The SMILES string of the molecule is O=c1oc2c(c3c1=CC(Br)(Br)C=C3)C=CC(Br)(Br)C=2. The molecule has 0 bridgehead atoms. The molecule has 0 N–H and O–H groups in total. The van der Waals surface area contributed by atoms with E-state index in [1.807, 2.05) is 30.4 Å². The Labute approximate surface area is 142 Å². The molecule has 1 aromatic heterocycles. The predicted octanol–water partition coefficient (Wildman–Crippen LogP) is 3.23. The van der Waals surface area contributed by atoms with Crippen molar-refractivity contribution in [1.82, 2.24) is 0 Å². The Balaban J connectivity index is 2.43. The molecule has 0 radical (unpaired) electrons. The van der Waals surface area contributed by atoms with E-state index in [-0.39, 0.29) is 5.63 Å². The number of alkyl halides is 4. The number of fused-ring (bicyclic) bond motifs is 3. The molecule has 0 atom stereocenters. The van der Waals surface area contributed by atoms with Gasteiger partial charge in [0.05, 0.1) is 5.22 Å². The van der Waals surface area contributed by atoms with E-state index in [9.17, 15) is 4.79 Å². The van der Waals surface area contributed by atoms with Gasteiger partial charge in [-0.1, -0.05) is 88.0 Å². The number of rotatable bonds is 0. The summed E-state index contributed by atoms with van der Waals surface area (Å²) in [4.78, 5) is 12.1. The zero-order chi connectivity index (χ0) is 13.8. The first kappa shape index (κ1) is 14.0. The molecule has 0 unspecified atom stereocenters. The first-order chi connectivity index (χ1) is 8.77. The summed E-state index contributed by atoms with van der Waals surface area (Å²) in [7, 11) is 0. The highest BCUT2D eigenvalue weighted by Crippen LogP contribution is 2.34. The lowest BCUT2D eigenvalue weighted by Crippen LogP contribution is -2.37. The molecule has 0 amide bonds. The van der Waals surface area contributed by atoms with Crippen LogP contribution in [0.15, 0.2) is 21.4 Å². The highest BCUT2D eigenvalue weighted by atomic mass is 79.9. The van der Waals surface area contributed by atoms with Gasteiger partial charge in [-0.15, -0.1) is 0 Å². The molecule has 1 heterocycles. The maximum absolute atomic E-state index is 12.1. The minimum absolute atomic E-state index is 0.344. The normalized spacial score (nSPS) is 21.1. The van der Waals surface area contributed by atoms with Crippen LogP contribution in [0.4, 0.5) is 0 Å². The molecule has 2 aliphatic rings. The highest BCUT2D eigenvalue weighted by molar-refractivity contribution is 9.26.